The minimum atomic E-state index is -0.461. The molecule has 0 bridgehead atoms. The van der Waals surface area contributed by atoms with Gasteiger partial charge in [0.05, 0.1) is 0 Å². The summed E-state index contributed by atoms with van der Waals surface area (Å²) in [4.78, 5) is 11.9. The van der Waals surface area contributed by atoms with Crippen molar-refractivity contribution in [1.29, 1.82) is 0 Å². The average molecular weight is 312 g/mol. The molecule has 0 amide bonds. The van der Waals surface area contributed by atoms with E-state index in [1.54, 1.807) is 6.07 Å². The summed E-state index contributed by atoms with van der Waals surface area (Å²) in [5.41, 5.74) is 6.02. The van der Waals surface area contributed by atoms with Crippen LogP contribution in [0.25, 0.3) is 0 Å². The number of hydrogen-bond acceptors (Lipinski definition) is 4. The molecule has 1 aliphatic heterocycles. The van der Waals surface area contributed by atoms with Crippen LogP contribution in [0.1, 0.15) is 36.0 Å². The van der Waals surface area contributed by atoms with Crippen molar-refractivity contribution in [1.82, 2.24) is 0 Å². The van der Waals surface area contributed by atoms with Crippen LogP contribution in [0.2, 0.25) is 0 Å². The van der Waals surface area contributed by atoms with E-state index in [9.17, 15) is 4.79 Å². The number of halogens is 1. The Bertz CT molecular complexity index is 511. The van der Waals surface area contributed by atoms with Crippen molar-refractivity contribution in [3.8, 4) is 11.5 Å². The Labute approximate surface area is 114 Å². The number of rotatable bonds is 3. The Hall–Kier alpha value is -1.07. The maximum atomic E-state index is 11.9. The third kappa shape index (κ3) is 1.82. The molecule has 1 heterocycles. The highest BCUT2D eigenvalue weighted by atomic mass is 79.9. The van der Waals surface area contributed by atoms with Crippen LogP contribution >= 0.6 is 15.9 Å². The minimum Gasteiger partial charge on any atom is -0.448 e. The second-order valence-corrected chi connectivity index (χ2v) is 5.56. The van der Waals surface area contributed by atoms with E-state index in [1.807, 2.05) is 6.07 Å². The van der Waals surface area contributed by atoms with Crippen LogP contribution in [0, 0.1) is 0 Å². The zero-order valence-electron chi connectivity index (χ0n) is 9.87. The summed E-state index contributed by atoms with van der Waals surface area (Å²) in [5, 5.41) is 0. The number of hydrogen-bond donors (Lipinski definition) is 1. The smallest absolute Gasteiger partial charge is 0.251 e. The molecule has 1 aromatic rings. The lowest BCUT2D eigenvalue weighted by Crippen LogP contribution is -2.45. The first-order valence-corrected chi connectivity index (χ1v) is 6.88. The van der Waals surface area contributed by atoms with Gasteiger partial charge in [0.25, 0.3) is 5.79 Å². The van der Waals surface area contributed by atoms with Gasteiger partial charge < -0.3 is 15.2 Å². The topological polar surface area (TPSA) is 61.6 Å². The van der Waals surface area contributed by atoms with Crippen LogP contribution in [0.4, 0.5) is 0 Å². The summed E-state index contributed by atoms with van der Waals surface area (Å²) in [6.07, 6.45) is 3.27. The number of Topliss-reactive ketones (excluding diaryl/α,β-unsaturated/α-hetero) is 1. The molecule has 0 aromatic heterocycles. The van der Waals surface area contributed by atoms with Crippen LogP contribution in [-0.4, -0.2) is 18.1 Å². The van der Waals surface area contributed by atoms with Crippen molar-refractivity contribution in [2.75, 3.05) is 6.54 Å². The van der Waals surface area contributed by atoms with Crippen molar-refractivity contribution >= 4 is 21.7 Å². The van der Waals surface area contributed by atoms with Gasteiger partial charge in [-0.1, -0.05) is 0 Å². The number of ether oxygens (including phenoxy) is 2. The van der Waals surface area contributed by atoms with Gasteiger partial charge in [0.1, 0.15) is 0 Å². The van der Waals surface area contributed by atoms with Gasteiger partial charge in [0.2, 0.25) is 0 Å². The fraction of sp³-hybridized carbons (Fsp3) is 0.462. The number of ketones is 1. The van der Waals surface area contributed by atoms with Crippen molar-refractivity contribution < 1.29 is 14.3 Å². The fourth-order valence-electron chi connectivity index (χ4n) is 2.27. The van der Waals surface area contributed by atoms with E-state index in [0.29, 0.717) is 30.0 Å². The second-order valence-electron chi connectivity index (χ2n) is 4.71. The van der Waals surface area contributed by atoms with Gasteiger partial charge in [0, 0.05) is 29.3 Å². The number of benzene rings is 1. The zero-order valence-corrected chi connectivity index (χ0v) is 11.5. The van der Waals surface area contributed by atoms with E-state index in [-0.39, 0.29) is 5.78 Å². The number of fused-ring (bicyclic) bond motifs is 1. The maximum absolute atomic E-state index is 11.9. The van der Waals surface area contributed by atoms with Crippen LogP contribution in [0.3, 0.4) is 0 Å². The zero-order chi connectivity index (χ0) is 12.8. The molecule has 3 rings (SSSR count). The molecule has 1 aromatic carbocycles. The van der Waals surface area contributed by atoms with E-state index >= 15 is 0 Å². The van der Waals surface area contributed by atoms with Crippen molar-refractivity contribution in [2.24, 2.45) is 5.73 Å². The Morgan fingerprint density at radius 3 is 2.56 bits per heavy atom. The molecule has 18 heavy (non-hydrogen) atoms. The fourth-order valence-corrected chi connectivity index (χ4v) is 2.81. The van der Waals surface area contributed by atoms with Crippen LogP contribution in [-0.2, 0) is 0 Å². The number of nitrogens with two attached hydrogens (primary N) is 1. The highest BCUT2D eigenvalue weighted by Crippen LogP contribution is 2.49. The van der Waals surface area contributed by atoms with Crippen molar-refractivity contribution in [3.05, 3.63) is 22.2 Å². The predicted molar refractivity (Wildman–Crippen MR) is 70.0 cm³/mol. The van der Waals surface area contributed by atoms with Gasteiger partial charge in [-0.05, 0) is 41.0 Å². The van der Waals surface area contributed by atoms with Crippen LogP contribution in [0.5, 0.6) is 11.5 Å². The Kier molecular flexibility index (Phi) is 2.83. The highest BCUT2D eigenvalue weighted by molar-refractivity contribution is 9.10. The van der Waals surface area contributed by atoms with Crippen LogP contribution in [0.15, 0.2) is 16.6 Å². The first-order valence-electron chi connectivity index (χ1n) is 6.08. The largest absolute Gasteiger partial charge is 0.448 e. The molecule has 1 fully saturated rings. The van der Waals surface area contributed by atoms with E-state index in [4.69, 9.17) is 15.2 Å². The van der Waals surface area contributed by atoms with E-state index in [2.05, 4.69) is 15.9 Å². The van der Waals surface area contributed by atoms with Gasteiger partial charge in [-0.25, -0.2) is 0 Å². The molecule has 0 unspecified atom stereocenters. The minimum absolute atomic E-state index is 0.0188. The molecule has 2 N–H and O–H groups in total. The molecule has 2 aliphatic rings. The Morgan fingerprint density at radius 2 is 2.00 bits per heavy atom. The molecule has 1 spiro atoms. The van der Waals surface area contributed by atoms with Crippen LogP contribution < -0.4 is 15.2 Å². The number of carbonyl (C=O) groups is 1. The van der Waals surface area contributed by atoms with E-state index in [0.717, 1.165) is 23.7 Å². The Morgan fingerprint density at radius 1 is 1.33 bits per heavy atom. The normalized spacial score (nSPS) is 18.8. The van der Waals surface area contributed by atoms with E-state index < -0.39 is 5.79 Å². The summed E-state index contributed by atoms with van der Waals surface area (Å²) in [6.45, 7) is 0.351. The molecule has 0 saturated heterocycles. The van der Waals surface area contributed by atoms with Crippen molar-refractivity contribution in [2.45, 2.75) is 31.5 Å². The number of carbonyl (C=O) groups excluding carboxylic acids is 1. The second kappa shape index (κ2) is 4.24. The standard InChI is InChI=1S/C13H14BrNO3/c14-9-7-12-11(6-8(9)10(16)2-5-15)17-13(18-12)3-1-4-13/h6-7H,1-5,15H2. The lowest BCUT2D eigenvalue weighted by Gasteiger charge is -2.35. The Balaban J connectivity index is 1.92. The summed E-state index contributed by atoms with van der Waals surface area (Å²) >= 11 is 3.40. The molecular formula is C13H14BrNO3. The first-order chi connectivity index (χ1) is 8.63. The SMILES string of the molecule is NCCC(=O)c1cc2c(cc1Br)OC1(CCC1)O2. The monoisotopic (exact) mass is 311 g/mol. The van der Waals surface area contributed by atoms with Gasteiger partial charge >= 0.3 is 0 Å². The quantitative estimate of drug-likeness (QED) is 0.872. The van der Waals surface area contributed by atoms with Gasteiger partial charge in [-0.15, -0.1) is 0 Å². The molecule has 96 valence electrons. The highest BCUT2D eigenvalue weighted by Gasteiger charge is 2.47. The van der Waals surface area contributed by atoms with Gasteiger partial charge in [0.15, 0.2) is 17.3 Å². The molecule has 0 radical (unpaired) electrons. The summed E-state index contributed by atoms with van der Waals surface area (Å²) in [7, 11) is 0. The first kappa shape index (κ1) is 12.0. The van der Waals surface area contributed by atoms with Gasteiger partial charge in [-0.2, -0.15) is 0 Å². The third-order valence-corrected chi connectivity index (χ3v) is 4.07. The molecule has 1 aliphatic carbocycles. The van der Waals surface area contributed by atoms with Gasteiger partial charge in [-0.3, -0.25) is 4.79 Å². The third-order valence-electron chi connectivity index (χ3n) is 3.41. The van der Waals surface area contributed by atoms with Crippen molar-refractivity contribution in [3.63, 3.8) is 0 Å². The molecule has 0 atom stereocenters. The summed E-state index contributed by atoms with van der Waals surface area (Å²) in [6, 6.07) is 3.57. The summed E-state index contributed by atoms with van der Waals surface area (Å²) in [5.74, 6) is 0.937. The summed E-state index contributed by atoms with van der Waals surface area (Å²) < 4.78 is 12.4. The maximum Gasteiger partial charge on any atom is 0.251 e. The lowest BCUT2D eigenvalue weighted by molar-refractivity contribution is -0.138. The lowest BCUT2D eigenvalue weighted by atomic mass is 9.91. The van der Waals surface area contributed by atoms with E-state index in [1.165, 1.54) is 0 Å². The molecular weight excluding hydrogens is 298 g/mol. The molecule has 4 nitrogen and oxygen atoms in total. The average Bonchev–Trinajstić information content (AvgIpc) is 2.66. The predicted octanol–water partition coefficient (Wildman–Crippen LogP) is 2.63. The molecule has 5 heteroatoms. The molecule has 1 saturated carbocycles.